The molecule has 0 unspecified atom stereocenters. The van der Waals surface area contributed by atoms with Crippen molar-refractivity contribution in [3.05, 3.63) is 18.2 Å². The van der Waals surface area contributed by atoms with E-state index in [9.17, 15) is 0 Å². The Bertz CT molecular complexity index is 138. The van der Waals surface area contributed by atoms with Crippen LogP contribution in [0.3, 0.4) is 0 Å². The highest BCUT2D eigenvalue weighted by Crippen LogP contribution is 1.74. The molecule has 0 aromatic carbocycles. The first-order valence-corrected chi connectivity index (χ1v) is 3.00. The number of aryl methyl sites for hydroxylation is 1. The Kier molecular flexibility index (Phi) is 4.59. The number of hydrogen-bond donors (Lipinski definition) is 0. The molecule has 0 N–H and O–H groups in total. The zero-order valence-electron chi connectivity index (χ0n) is 6.00. The summed E-state index contributed by atoms with van der Waals surface area (Å²) in [6.45, 7) is 5.80. The van der Waals surface area contributed by atoms with E-state index in [1.54, 1.807) is 19.3 Å². The summed E-state index contributed by atoms with van der Waals surface area (Å²) in [7, 11) is 0. The van der Waals surface area contributed by atoms with Gasteiger partial charge in [-0.3, -0.25) is 0 Å². The van der Waals surface area contributed by atoms with Gasteiger partial charge in [-0.1, -0.05) is 13.8 Å². The molecule has 0 aliphatic rings. The quantitative estimate of drug-likeness (QED) is 0.523. The molecule has 1 rings (SSSR count). The first-order chi connectivity index (χ1) is 4.39. The van der Waals surface area contributed by atoms with Crippen LogP contribution in [0.25, 0.3) is 0 Å². The Morgan fingerprint density at radius 2 is 1.89 bits per heavy atom. The fourth-order valence-corrected chi connectivity index (χ4v) is 0.314. The van der Waals surface area contributed by atoms with Crippen LogP contribution in [-0.2, 0) is 0 Å². The summed E-state index contributed by atoms with van der Waals surface area (Å²) in [5, 5.41) is 7.19. The van der Waals surface area contributed by atoms with Crippen molar-refractivity contribution in [3.63, 3.8) is 0 Å². The van der Waals surface area contributed by atoms with Gasteiger partial charge >= 0.3 is 0 Å². The minimum Gasteiger partial charge on any atom is -0.238 e. The predicted molar refractivity (Wildman–Crippen MR) is 35.9 cm³/mol. The van der Waals surface area contributed by atoms with Crippen LogP contribution in [0.2, 0.25) is 0 Å². The molecular weight excluding hydrogens is 114 g/mol. The van der Waals surface area contributed by atoms with E-state index in [-0.39, 0.29) is 0 Å². The predicted octanol–water partition coefficient (Wildman–Crippen LogP) is 1.21. The summed E-state index contributed by atoms with van der Waals surface area (Å²) >= 11 is 0. The second-order valence-corrected chi connectivity index (χ2v) is 1.19. The van der Waals surface area contributed by atoms with Crippen molar-refractivity contribution in [2.45, 2.75) is 20.8 Å². The van der Waals surface area contributed by atoms with Crippen LogP contribution in [0.15, 0.2) is 12.4 Å². The highest BCUT2D eigenvalue weighted by atomic mass is 15.1. The van der Waals surface area contributed by atoms with Gasteiger partial charge in [-0.2, -0.15) is 5.10 Å². The fourth-order valence-electron chi connectivity index (χ4n) is 0.314. The SMILES string of the molecule is CC.Cc1nccnn1. The van der Waals surface area contributed by atoms with E-state index in [1.807, 2.05) is 13.8 Å². The smallest absolute Gasteiger partial charge is 0.147 e. The van der Waals surface area contributed by atoms with Crippen molar-refractivity contribution < 1.29 is 0 Å². The second-order valence-electron chi connectivity index (χ2n) is 1.19. The van der Waals surface area contributed by atoms with E-state index in [2.05, 4.69) is 15.2 Å². The van der Waals surface area contributed by atoms with Gasteiger partial charge in [-0.25, -0.2) is 4.98 Å². The molecule has 0 aliphatic carbocycles. The number of nitrogens with zero attached hydrogens (tertiary/aromatic N) is 3. The van der Waals surface area contributed by atoms with Crippen molar-refractivity contribution in [2.24, 2.45) is 0 Å². The highest BCUT2D eigenvalue weighted by Gasteiger charge is 1.76. The first-order valence-electron chi connectivity index (χ1n) is 3.00. The van der Waals surface area contributed by atoms with Gasteiger partial charge < -0.3 is 0 Å². The van der Waals surface area contributed by atoms with E-state index in [0.717, 1.165) is 0 Å². The van der Waals surface area contributed by atoms with Crippen molar-refractivity contribution in [3.8, 4) is 0 Å². The summed E-state index contributed by atoms with van der Waals surface area (Å²) in [4.78, 5) is 3.81. The molecule has 3 nitrogen and oxygen atoms in total. The lowest BCUT2D eigenvalue weighted by Crippen LogP contribution is -1.85. The molecule has 0 bridgehead atoms. The standard InChI is InChI=1S/C4H5N3.C2H6/c1-4-5-2-3-6-7-4;1-2/h2-3H,1H3;1-2H3. The van der Waals surface area contributed by atoms with Gasteiger partial charge in [0.15, 0.2) is 0 Å². The molecule has 0 amide bonds. The molecule has 0 atom stereocenters. The summed E-state index contributed by atoms with van der Waals surface area (Å²) in [6.07, 6.45) is 3.16. The van der Waals surface area contributed by atoms with Crippen LogP contribution in [0, 0.1) is 6.92 Å². The Morgan fingerprint density at radius 3 is 2.11 bits per heavy atom. The number of hydrogen-bond acceptors (Lipinski definition) is 3. The van der Waals surface area contributed by atoms with Gasteiger partial charge in [0, 0.05) is 6.20 Å². The van der Waals surface area contributed by atoms with Gasteiger partial charge in [0.25, 0.3) is 0 Å². The van der Waals surface area contributed by atoms with Crippen LogP contribution >= 0.6 is 0 Å². The lowest BCUT2D eigenvalue weighted by atomic mass is 10.7. The molecule has 1 aromatic heterocycles. The molecular formula is C6H11N3. The zero-order valence-corrected chi connectivity index (χ0v) is 6.00. The van der Waals surface area contributed by atoms with E-state index in [0.29, 0.717) is 5.82 Å². The van der Waals surface area contributed by atoms with E-state index in [1.165, 1.54) is 0 Å². The maximum Gasteiger partial charge on any atom is 0.147 e. The maximum absolute atomic E-state index is 3.81. The molecule has 0 aliphatic heterocycles. The fraction of sp³-hybridized carbons (Fsp3) is 0.500. The third-order valence-corrected chi connectivity index (χ3v) is 0.597. The molecule has 0 saturated heterocycles. The van der Waals surface area contributed by atoms with Crippen molar-refractivity contribution in [2.75, 3.05) is 0 Å². The molecule has 0 spiro atoms. The highest BCUT2D eigenvalue weighted by molar-refractivity contribution is 4.74. The Morgan fingerprint density at radius 1 is 1.22 bits per heavy atom. The van der Waals surface area contributed by atoms with Crippen LogP contribution in [0.1, 0.15) is 19.7 Å². The van der Waals surface area contributed by atoms with Crippen LogP contribution in [0.4, 0.5) is 0 Å². The van der Waals surface area contributed by atoms with E-state index >= 15 is 0 Å². The molecule has 3 heteroatoms. The van der Waals surface area contributed by atoms with Gasteiger partial charge in [-0.15, -0.1) is 5.10 Å². The Hall–Kier alpha value is -0.990. The summed E-state index contributed by atoms with van der Waals surface area (Å²) in [6, 6.07) is 0. The van der Waals surface area contributed by atoms with Gasteiger partial charge in [0.05, 0.1) is 6.20 Å². The molecule has 0 saturated carbocycles. The minimum atomic E-state index is 0.711. The summed E-state index contributed by atoms with van der Waals surface area (Å²) < 4.78 is 0. The number of aromatic nitrogens is 3. The molecule has 1 heterocycles. The third-order valence-electron chi connectivity index (χ3n) is 0.597. The average molecular weight is 125 g/mol. The Labute approximate surface area is 55.2 Å². The summed E-state index contributed by atoms with van der Waals surface area (Å²) in [5.41, 5.74) is 0. The van der Waals surface area contributed by atoms with Crippen LogP contribution < -0.4 is 0 Å². The zero-order chi connectivity index (χ0) is 7.11. The monoisotopic (exact) mass is 125 g/mol. The van der Waals surface area contributed by atoms with Crippen molar-refractivity contribution in [1.82, 2.24) is 15.2 Å². The molecule has 0 fully saturated rings. The second kappa shape index (κ2) is 5.15. The van der Waals surface area contributed by atoms with Gasteiger partial charge in [0.1, 0.15) is 5.82 Å². The van der Waals surface area contributed by atoms with Gasteiger partial charge in [-0.05, 0) is 6.92 Å². The topological polar surface area (TPSA) is 38.7 Å². The largest absolute Gasteiger partial charge is 0.238 e. The summed E-state index contributed by atoms with van der Waals surface area (Å²) in [5.74, 6) is 0.711. The lowest BCUT2D eigenvalue weighted by molar-refractivity contribution is 0.907. The normalized spacial score (nSPS) is 7.44. The minimum absolute atomic E-state index is 0.711. The lowest BCUT2D eigenvalue weighted by Gasteiger charge is -1.80. The van der Waals surface area contributed by atoms with E-state index < -0.39 is 0 Å². The molecule has 9 heavy (non-hydrogen) atoms. The molecule has 50 valence electrons. The van der Waals surface area contributed by atoms with Crippen molar-refractivity contribution >= 4 is 0 Å². The van der Waals surface area contributed by atoms with Crippen molar-refractivity contribution in [1.29, 1.82) is 0 Å². The first kappa shape index (κ1) is 8.01. The molecule has 0 radical (unpaired) electrons. The van der Waals surface area contributed by atoms with Crippen LogP contribution in [-0.4, -0.2) is 15.2 Å². The van der Waals surface area contributed by atoms with Crippen LogP contribution in [0.5, 0.6) is 0 Å². The maximum atomic E-state index is 3.81. The van der Waals surface area contributed by atoms with Gasteiger partial charge in [0.2, 0.25) is 0 Å². The van der Waals surface area contributed by atoms with E-state index in [4.69, 9.17) is 0 Å². The molecule has 1 aromatic rings. The Balaban J connectivity index is 0.000000291. The average Bonchev–Trinajstić information content (AvgIpc) is 1.94. The number of rotatable bonds is 0. The third kappa shape index (κ3) is 3.58.